The number of fused-ring (bicyclic) bond motifs is 3. The molecule has 7 nitrogen and oxygen atoms in total. The lowest BCUT2D eigenvalue weighted by Crippen LogP contribution is -2.61. The first-order valence-electron chi connectivity index (χ1n) is 8.35. The molecule has 0 radical (unpaired) electrons. The van der Waals surface area contributed by atoms with Crippen molar-refractivity contribution in [1.82, 2.24) is 4.98 Å². The number of oxazole rings is 1. The minimum absolute atomic E-state index is 0.283. The molecular formula is C19H19NO6. The number of methoxy groups -OCH3 is 3. The number of carbonyl (C=O) groups excluding carboxylic acids is 2. The third-order valence-electron chi connectivity index (χ3n) is 5.41. The van der Waals surface area contributed by atoms with Gasteiger partial charge in [-0.25, -0.2) is 4.98 Å². The van der Waals surface area contributed by atoms with Crippen LogP contribution in [0.15, 0.2) is 34.8 Å². The van der Waals surface area contributed by atoms with Crippen molar-refractivity contribution in [3.05, 3.63) is 36.2 Å². The number of Topliss-reactive ketones (excluding diaryl/α,β-unsaturated/α-hetero) is 1. The van der Waals surface area contributed by atoms with Gasteiger partial charge in [0.05, 0.1) is 24.9 Å². The molecule has 3 aliphatic rings. The van der Waals surface area contributed by atoms with Crippen LogP contribution in [-0.4, -0.2) is 43.9 Å². The Morgan fingerprint density at radius 1 is 1.23 bits per heavy atom. The molecule has 1 heterocycles. The lowest BCUT2D eigenvalue weighted by atomic mass is 9.61. The Kier molecular flexibility index (Phi) is 3.93. The molecule has 136 valence electrons. The lowest BCUT2D eigenvalue weighted by Gasteiger charge is -2.48. The summed E-state index contributed by atoms with van der Waals surface area (Å²) in [6.45, 7) is 0. The standard InChI is InChI=1S/C19H19NO6/c1-23-18(22)11-9-13-12(8-10(11)16(21)19(13,24-2)25-3)17-20-14-6-4-5-7-15(14)26-17/h4-8,10-11,13H,9H2,1-3H3/t10-,11-,13-/m1/s1. The molecule has 3 atom stereocenters. The number of nitrogens with zero attached hydrogens (tertiary/aromatic N) is 1. The molecular weight excluding hydrogens is 338 g/mol. The Morgan fingerprint density at radius 3 is 2.62 bits per heavy atom. The van der Waals surface area contributed by atoms with Gasteiger partial charge in [-0.15, -0.1) is 0 Å². The number of para-hydroxylation sites is 2. The quantitative estimate of drug-likeness (QED) is 0.612. The van der Waals surface area contributed by atoms with E-state index in [0.717, 1.165) is 11.1 Å². The van der Waals surface area contributed by atoms with Crippen LogP contribution in [0, 0.1) is 17.8 Å². The average Bonchev–Trinajstić information content (AvgIpc) is 3.12. The molecule has 1 aromatic heterocycles. The summed E-state index contributed by atoms with van der Waals surface area (Å²) in [5, 5.41) is 0. The van der Waals surface area contributed by atoms with Gasteiger partial charge in [-0.1, -0.05) is 18.2 Å². The van der Waals surface area contributed by atoms with Crippen molar-refractivity contribution in [2.24, 2.45) is 17.8 Å². The molecule has 3 aliphatic carbocycles. The smallest absolute Gasteiger partial charge is 0.309 e. The van der Waals surface area contributed by atoms with E-state index in [1.165, 1.54) is 21.3 Å². The molecule has 0 aliphatic heterocycles. The van der Waals surface area contributed by atoms with E-state index < -0.39 is 29.5 Å². The first-order chi connectivity index (χ1) is 12.6. The number of rotatable bonds is 4. The number of esters is 1. The van der Waals surface area contributed by atoms with Crippen LogP contribution in [0.4, 0.5) is 0 Å². The first kappa shape index (κ1) is 16.9. The van der Waals surface area contributed by atoms with Crippen LogP contribution in [0.5, 0.6) is 0 Å². The number of ether oxygens (including phenoxy) is 3. The summed E-state index contributed by atoms with van der Waals surface area (Å²) in [4.78, 5) is 29.7. The SMILES string of the molecule is COC(=O)[C@@H]1C[C@@H]2C(c3nc4ccccc4o3)=C[C@H]1C(=O)C2(OC)OC. The second-order valence-corrected chi connectivity index (χ2v) is 6.49. The first-order valence-corrected chi connectivity index (χ1v) is 8.35. The lowest BCUT2D eigenvalue weighted by molar-refractivity contribution is -0.238. The predicted octanol–water partition coefficient (Wildman–Crippen LogP) is 2.21. The van der Waals surface area contributed by atoms with E-state index in [1.54, 1.807) is 6.08 Å². The fourth-order valence-corrected chi connectivity index (χ4v) is 4.15. The Hall–Kier alpha value is -2.51. The highest BCUT2D eigenvalue weighted by atomic mass is 16.7. The molecule has 2 bridgehead atoms. The van der Waals surface area contributed by atoms with Gasteiger partial charge in [-0.05, 0) is 18.6 Å². The van der Waals surface area contributed by atoms with E-state index in [9.17, 15) is 9.59 Å². The third-order valence-corrected chi connectivity index (χ3v) is 5.41. The van der Waals surface area contributed by atoms with E-state index in [1.807, 2.05) is 24.3 Å². The second kappa shape index (κ2) is 6.03. The minimum Gasteiger partial charge on any atom is -0.469 e. The highest BCUT2D eigenvalue weighted by Gasteiger charge is 2.62. The molecule has 0 saturated heterocycles. The van der Waals surface area contributed by atoms with Crippen molar-refractivity contribution in [1.29, 1.82) is 0 Å². The van der Waals surface area contributed by atoms with Crippen molar-refractivity contribution in [2.75, 3.05) is 21.3 Å². The fraction of sp³-hybridized carbons (Fsp3) is 0.421. The van der Waals surface area contributed by atoms with Gasteiger partial charge in [0.25, 0.3) is 0 Å². The molecule has 7 heteroatoms. The summed E-state index contributed by atoms with van der Waals surface area (Å²) in [6, 6.07) is 7.42. The maximum atomic E-state index is 13.0. The molecule has 0 N–H and O–H groups in total. The zero-order valence-electron chi connectivity index (χ0n) is 14.7. The van der Waals surface area contributed by atoms with Crippen molar-refractivity contribution in [3.8, 4) is 0 Å². The zero-order chi connectivity index (χ0) is 18.5. The van der Waals surface area contributed by atoms with Crippen LogP contribution in [0.3, 0.4) is 0 Å². The Balaban J connectivity index is 1.85. The fourth-order valence-electron chi connectivity index (χ4n) is 4.15. The topological polar surface area (TPSA) is 87.9 Å². The predicted molar refractivity (Wildman–Crippen MR) is 90.8 cm³/mol. The summed E-state index contributed by atoms with van der Waals surface area (Å²) in [7, 11) is 4.18. The van der Waals surface area contributed by atoms with E-state index in [-0.39, 0.29) is 5.78 Å². The number of hydrogen-bond donors (Lipinski definition) is 0. The van der Waals surface area contributed by atoms with E-state index in [2.05, 4.69) is 4.98 Å². The molecule has 0 amide bonds. The maximum Gasteiger partial charge on any atom is 0.309 e. The number of aromatic nitrogens is 1. The monoisotopic (exact) mass is 357 g/mol. The Labute approximate surface area is 149 Å². The number of benzene rings is 1. The highest BCUT2D eigenvalue weighted by molar-refractivity contribution is 6.00. The van der Waals surface area contributed by atoms with Gasteiger partial charge in [0, 0.05) is 19.8 Å². The van der Waals surface area contributed by atoms with Crippen LogP contribution in [0.2, 0.25) is 0 Å². The molecule has 26 heavy (non-hydrogen) atoms. The van der Waals surface area contributed by atoms with Crippen molar-refractivity contribution < 1.29 is 28.2 Å². The number of hydrogen-bond acceptors (Lipinski definition) is 7. The average molecular weight is 357 g/mol. The van der Waals surface area contributed by atoms with Gasteiger partial charge in [0.1, 0.15) is 5.52 Å². The highest BCUT2D eigenvalue weighted by Crippen LogP contribution is 2.52. The van der Waals surface area contributed by atoms with Gasteiger partial charge in [-0.2, -0.15) is 0 Å². The summed E-state index contributed by atoms with van der Waals surface area (Å²) in [6.07, 6.45) is 2.11. The van der Waals surface area contributed by atoms with Crippen molar-refractivity contribution in [3.63, 3.8) is 0 Å². The van der Waals surface area contributed by atoms with Crippen molar-refractivity contribution >= 4 is 28.4 Å². The van der Waals surface area contributed by atoms with Gasteiger partial charge in [0.15, 0.2) is 11.4 Å². The van der Waals surface area contributed by atoms with Crippen LogP contribution in [-0.2, 0) is 23.8 Å². The summed E-state index contributed by atoms with van der Waals surface area (Å²) in [5.41, 5.74) is 2.09. The van der Waals surface area contributed by atoms with Gasteiger partial charge in [-0.3, -0.25) is 9.59 Å². The van der Waals surface area contributed by atoms with Gasteiger partial charge in [0.2, 0.25) is 11.7 Å². The van der Waals surface area contributed by atoms with E-state index >= 15 is 0 Å². The van der Waals surface area contributed by atoms with E-state index in [0.29, 0.717) is 17.9 Å². The zero-order valence-corrected chi connectivity index (χ0v) is 14.7. The third kappa shape index (κ3) is 2.17. The van der Waals surface area contributed by atoms with Crippen molar-refractivity contribution in [2.45, 2.75) is 12.2 Å². The number of allylic oxidation sites excluding steroid dienone is 1. The number of carbonyl (C=O) groups is 2. The molecule has 0 spiro atoms. The summed E-state index contributed by atoms with van der Waals surface area (Å²) >= 11 is 0. The molecule has 5 rings (SSSR count). The maximum absolute atomic E-state index is 13.0. The molecule has 1 aromatic carbocycles. The Bertz CT molecular complexity index is 877. The largest absolute Gasteiger partial charge is 0.469 e. The molecule has 2 aromatic rings. The van der Waals surface area contributed by atoms with Gasteiger partial charge < -0.3 is 18.6 Å². The number of ketones is 1. The second-order valence-electron chi connectivity index (χ2n) is 6.49. The molecule has 1 fully saturated rings. The van der Waals surface area contributed by atoms with E-state index in [4.69, 9.17) is 18.6 Å². The molecule has 0 unspecified atom stereocenters. The van der Waals surface area contributed by atoms with Crippen LogP contribution in [0.1, 0.15) is 12.3 Å². The van der Waals surface area contributed by atoms with Crippen LogP contribution >= 0.6 is 0 Å². The Morgan fingerprint density at radius 2 is 1.96 bits per heavy atom. The summed E-state index contributed by atoms with van der Waals surface area (Å²) in [5.74, 6) is -3.54. The van der Waals surface area contributed by atoms with Crippen LogP contribution < -0.4 is 0 Å². The minimum atomic E-state index is -1.46. The normalized spacial score (nSPS) is 26.8. The summed E-state index contributed by atoms with van der Waals surface area (Å²) < 4.78 is 21.8. The van der Waals surface area contributed by atoms with Crippen LogP contribution in [0.25, 0.3) is 16.7 Å². The molecule has 1 saturated carbocycles. The van der Waals surface area contributed by atoms with Gasteiger partial charge >= 0.3 is 5.97 Å².